The van der Waals surface area contributed by atoms with Crippen LogP contribution in [0.5, 0.6) is 0 Å². The highest BCUT2D eigenvalue weighted by Gasteiger charge is 2.47. The zero-order valence-electron chi connectivity index (χ0n) is 17.6. The number of fused-ring (bicyclic) bond motifs is 2. The molecule has 0 N–H and O–H groups in total. The van der Waals surface area contributed by atoms with Crippen molar-refractivity contribution in [3.63, 3.8) is 0 Å². The molecule has 3 aliphatic rings. The summed E-state index contributed by atoms with van der Waals surface area (Å²) in [6, 6.07) is 8.56. The Hall–Kier alpha value is -0.910. The van der Waals surface area contributed by atoms with E-state index in [0.717, 1.165) is 38.3 Å². The fourth-order valence-electron chi connectivity index (χ4n) is 6.00. The van der Waals surface area contributed by atoms with E-state index in [-0.39, 0.29) is 11.5 Å². The maximum Gasteiger partial charge on any atom is 0.211 e. The maximum atomic E-state index is 12.2. The van der Waals surface area contributed by atoms with Crippen LogP contribution in [0.2, 0.25) is 0 Å². The molecule has 28 heavy (non-hydrogen) atoms. The van der Waals surface area contributed by atoms with Gasteiger partial charge in [-0.3, -0.25) is 0 Å². The first-order chi connectivity index (χ1) is 13.4. The number of likely N-dealkylation sites (tertiary alicyclic amines) is 1. The number of nitrogens with zero attached hydrogens (tertiary/aromatic N) is 2. The lowest BCUT2D eigenvalue weighted by Crippen LogP contribution is -2.42. The summed E-state index contributed by atoms with van der Waals surface area (Å²) in [5.41, 5.74) is 2.79. The minimum atomic E-state index is -3.19. The van der Waals surface area contributed by atoms with Crippen LogP contribution in [0, 0.1) is 5.92 Å². The van der Waals surface area contributed by atoms with E-state index in [1.165, 1.54) is 62.5 Å². The van der Waals surface area contributed by atoms with Crippen molar-refractivity contribution in [3.05, 3.63) is 35.4 Å². The van der Waals surface area contributed by atoms with Crippen molar-refractivity contribution in [3.8, 4) is 0 Å². The number of rotatable bonds is 6. The molecule has 0 bridgehead atoms. The number of benzene rings is 1. The van der Waals surface area contributed by atoms with E-state index < -0.39 is 10.0 Å². The molecule has 0 amide bonds. The molecule has 5 heteroatoms. The molecule has 1 aromatic rings. The highest BCUT2D eigenvalue weighted by Crippen LogP contribution is 2.52. The molecular weight excluding hydrogens is 368 g/mol. The van der Waals surface area contributed by atoms with Crippen molar-refractivity contribution in [1.29, 1.82) is 0 Å². The lowest BCUT2D eigenvalue weighted by molar-refractivity contribution is 0.143. The van der Waals surface area contributed by atoms with E-state index in [1.54, 1.807) is 11.4 Å². The Morgan fingerprint density at radius 2 is 1.82 bits per heavy atom. The fraction of sp³-hybridized carbons (Fsp3) is 0.739. The third-order valence-corrected chi connectivity index (χ3v) is 9.11. The Labute approximate surface area is 171 Å². The molecule has 4 rings (SSSR count). The van der Waals surface area contributed by atoms with Crippen molar-refractivity contribution in [1.82, 2.24) is 9.21 Å². The SMILES string of the molecule is CN([C@H]1CC2(CCN(CCCC3CCCC3)CC2)c2ccccc21)S(C)(=O)=O. The Kier molecular flexibility index (Phi) is 5.88. The van der Waals surface area contributed by atoms with Gasteiger partial charge < -0.3 is 4.90 Å². The fourth-order valence-corrected chi connectivity index (χ4v) is 6.65. The van der Waals surface area contributed by atoms with E-state index in [2.05, 4.69) is 29.2 Å². The number of hydrogen-bond acceptors (Lipinski definition) is 3. The quantitative estimate of drug-likeness (QED) is 0.709. The minimum Gasteiger partial charge on any atom is -0.303 e. The first kappa shape index (κ1) is 20.4. The van der Waals surface area contributed by atoms with E-state index >= 15 is 0 Å². The first-order valence-electron chi connectivity index (χ1n) is 11.1. The second-order valence-corrected chi connectivity index (χ2v) is 11.5. The molecule has 1 saturated heterocycles. The minimum absolute atomic E-state index is 0.0138. The molecule has 0 radical (unpaired) electrons. The Morgan fingerprint density at radius 3 is 2.50 bits per heavy atom. The third-order valence-electron chi connectivity index (χ3n) is 7.81. The van der Waals surface area contributed by atoms with Gasteiger partial charge in [0, 0.05) is 7.05 Å². The number of hydrogen-bond donors (Lipinski definition) is 0. The predicted octanol–water partition coefficient (Wildman–Crippen LogP) is 4.33. The Bertz CT molecular complexity index is 778. The van der Waals surface area contributed by atoms with Crippen LogP contribution in [0.1, 0.15) is 75.0 Å². The molecule has 2 aliphatic carbocycles. The van der Waals surface area contributed by atoms with Crippen LogP contribution in [0.3, 0.4) is 0 Å². The molecule has 2 fully saturated rings. The number of sulfonamides is 1. The molecule has 156 valence electrons. The summed E-state index contributed by atoms with van der Waals surface area (Å²) in [4.78, 5) is 2.65. The summed E-state index contributed by atoms with van der Waals surface area (Å²) in [6.45, 7) is 3.53. The number of piperidine rings is 1. The van der Waals surface area contributed by atoms with Crippen LogP contribution in [0.15, 0.2) is 24.3 Å². The van der Waals surface area contributed by atoms with Crippen molar-refractivity contribution in [2.75, 3.05) is 32.9 Å². The summed E-state index contributed by atoms with van der Waals surface area (Å²) in [7, 11) is -1.45. The van der Waals surface area contributed by atoms with Gasteiger partial charge >= 0.3 is 0 Å². The molecule has 1 aliphatic heterocycles. The molecule has 1 saturated carbocycles. The topological polar surface area (TPSA) is 40.6 Å². The molecule has 0 aromatic heterocycles. The summed E-state index contributed by atoms with van der Waals surface area (Å²) >= 11 is 0. The van der Waals surface area contributed by atoms with Gasteiger partial charge in [-0.1, -0.05) is 49.9 Å². The van der Waals surface area contributed by atoms with E-state index in [0.29, 0.717) is 0 Å². The third kappa shape index (κ3) is 4.03. The van der Waals surface area contributed by atoms with Gasteiger partial charge in [0.1, 0.15) is 0 Å². The monoisotopic (exact) mass is 404 g/mol. The summed E-state index contributed by atoms with van der Waals surface area (Å²) in [6.07, 6.45) is 13.1. The largest absolute Gasteiger partial charge is 0.303 e. The van der Waals surface area contributed by atoms with Crippen LogP contribution >= 0.6 is 0 Å². The van der Waals surface area contributed by atoms with Gasteiger partial charge in [-0.05, 0) is 74.2 Å². The van der Waals surface area contributed by atoms with Gasteiger partial charge in [0.15, 0.2) is 0 Å². The van der Waals surface area contributed by atoms with Crippen molar-refractivity contribution in [2.24, 2.45) is 5.92 Å². The van der Waals surface area contributed by atoms with Crippen LogP contribution in [-0.2, 0) is 15.4 Å². The van der Waals surface area contributed by atoms with E-state index in [4.69, 9.17) is 0 Å². The van der Waals surface area contributed by atoms with Crippen molar-refractivity contribution >= 4 is 10.0 Å². The van der Waals surface area contributed by atoms with Crippen molar-refractivity contribution in [2.45, 2.75) is 69.2 Å². The zero-order valence-corrected chi connectivity index (χ0v) is 18.4. The second kappa shape index (κ2) is 8.08. The van der Waals surface area contributed by atoms with Crippen LogP contribution in [-0.4, -0.2) is 50.6 Å². The van der Waals surface area contributed by atoms with Crippen molar-refractivity contribution < 1.29 is 8.42 Å². The van der Waals surface area contributed by atoms with Gasteiger partial charge in [-0.15, -0.1) is 0 Å². The second-order valence-electron chi connectivity index (χ2n) is 9.50. The molecule has 0 unspecified atom stereocenters. The smallest absolute Gasteiger partial charge is 0.211 e. The average molecular weight is 405 g/mol. The molecule has 1 heterocycles. The molecule has 1 atom stereocenters. The molecule has 4 nitrogen and oxygen atoms in total. The van der Waals surface area contributed by atoms with Crippen LogP contribution in [0.4, 0.5) is 0 Å². The first-order valence-corrected chi connectivity index (χ1v) is 13.0. The van der Waals surface area contributed by atoms with Gasteiger partial charge in [0.25, 0.3) is 0 Å². The van der Waals surface area contributed by atoms with E-state index in [1.807, 2.05) is 0 Å². The highest BCUT2D eigenvalue weighted by molar-refractivity contribution is 7.88. The highest BCUT2D eigenvalue weighted by atomic mass is 32.2. The van der Waals surface area contributed by atoms with Gasteiger partial charge in [-0.2, -0.15) is 4.31 Å². The standard InChI is InChI=1S/C23H36N2O2S/c1-24(28(2,26)27)22-18-23(21-12-6-5-11-20(21)22)13-16-25(17-14-23)15-7-10-19-8-3-4-9-19/h5-6,11-12,19,22H,3-4,7-10,13-18H2,1-2H3/t22-/m0/s1. The van der Waals surface area contributed by atoms with Gasteiger partial charge in [-0.25, -0.2) is 8.42 Å². The average Bonchev–Trinajstić information content (AvgIpc) is 3.30. The summed E-state index contributed by atoms with van der Waals surface area (Å²) in [5.74, 6) is 0.991. The lowest BCUT2D eigenvalue weighted by Gasteiger charge is -2.40. The maximum absolute atomic E-state index is 12.2. The summed E-state index contributed by atoms with van der Waals surface area (Å²) in [5, 5.41) is 0. The molecular formula is C23H36N2O2S. The molecule has 1 spiro atoms. The Morgan fingerprint density at radius 1 is 1.14 bits per heavy atom. The van der Waals surface area contributed by atoms with Gasteiger partial charge in [0.2, 0.25) is 10.0 Å². The van der Waals surface area contributed by atoms with Crippen LogP contribution in [0.25, 0.3) is 0 Å². The Balaban J connectivity index is 1.40. The predicted molar refractivity (Wildman–Crippen MR) is 115 cm³/mol. The summed E-state index contributed by atoms with van der Waals surface area (Å²) < 4.78 is 26.0. The lowest BCUT2D eigenvalue weighted by atomic mass is 9.73. The zero-order chi connectivity index (χ0) is 19.8. The molecule has 1 aromatic carbocycles. The normalized spacial score (nSPS) is 25.6. The van der Waals surface area contributed by atoms with E-state index in [9.17, 15) is 8.42 Å². The van der Waals surface area contributed by atoms with Crippen LogP contribution < -0.4 is 0 Å². The van der Waals surface area contributed by atoms with Gasteiger partial charge in [0.05, 0.1) is 12.3 Å².